The van der Waals surface area contributed by atoms with Gasteiger partial charge in [-0.3, -0.25) is 10.1 Å². The van der Waals surface area contributed by atoms with Gasteiger partial charge in [0.05, 0.1) is 27.1 Å². The predicted molar refractivity (Wildman–Crippen MR) is 135 cm³/mol. The number of carbonyl (C=O) groups is 1. The van der Waals surface area contributed by atoms with E-state index in [1.54, 1.807) is 12.1 Å². The van der Waals surface area contributed by atoms with Crippen molar-refractivity contribution < 1.29 is 23.9 Å². The van der Waals surface area contributed by atoms with Crippen molar-refractivity contribution in [2.24, 2.45) is 4.99 Å². The fraction of sp³-hybridized carbons (Fsp3) is 0.120. The minimum Gasteiger partial charge on any atom is -0.493 e. The van der Waals surface area contributed by atoms with Gasteiger partial charge in [-0.05, 0) is 63.8 Å². The maximum Gasteiger partial charge on any atom is 0.363 e. The van der Waals surface area contributed by atoms with Gasteiger partial charge in [-0.1, -0.05) is 35.9 Å². The SMILES string of the molecule is COc1cc(/C=C2\N=C(c3cc([N+](=O)[O-])ccc3Cl)OC2=O)cc(Br)c1OCc1ccccc1C. The van der Waals surface area contributed by atoms with Gasteiger partial charge in [-0.25, -0.2) is 9.79 Å². The highest BCUT2D eigenvalue weighted by Crippen LogP contribution is 2.38. The first-order valence-electron chi connectivity index (χ1n) is 10.3. The van der Waals surface area contributed by atoms with Gasteiger partial charge in [0, 0.05) is 12.1 Å². The fourth-order valence-corrected chi connectivity index (χ4v) is 4.13. The van der Waals surface area contributed by atoms with Crippen LogP contribution >= 0.6 is 27.5 Å². The van der Waals surface area contributed by atoms with Gasteiger partial charge in [-0.15, -0.1) is 0 Å². The summed E-state index contributed by atoms with van der Waals surface area (Å²) in [6, 6.07) is 15.2. The Morgan fingerprint density at radius 1 is 1.20 bits per heavy atom. The summed E-state index contributed by atoms with van der Waals surface area (Å²) < 4.78 is 17.4. The van der Waals surface area contributed by atoms with E-state index in [4.69, 9.17) is 25.8 Å². The lowest BCUT2D eigenvalue weighted by Crippen LogP contribution is -2.06. The Morgan fingerprint density at radius 3 is 2.69 bits per heavy atom. The highest BCUT2D eigenvalue weighted by Gasteiger charge is 2.27. The summed E-state index contributed by atoms with van der Waals surface area (Å²) in [6.07, 6.45) is 1.51. The number of rotatable bonds is 7. The van der Waals surface area contributed by atoms with Crippen LogP contribution in [0.3, 0.4) is 0 Å². The zero-order chi connectivity index (χ0) is 25.1. The molecule has 0 bridgehead atoms. The summed E-state index contributed by atoms with van der Waals surface area (Å²) >= 11 is 9.65. The standard InChI is InChI=1S/C25H18BrClN2O6/c1-14-5-3-4-6-16(14)13-34-23-19(26)9-15(11-22(23)33-2)10-21-25(30)35-24(28-21)18-12-17(29(31)32)7-8-20(18)27/h3-12H,13H2,1-2H3/b21-10-. The lowest BCUT2D eigenvalue weighted by Gasteiger charge is -2.14. The summed E-state index contributed by atoms with van der Waals surface area (Å²) in [5.74, 6) is 0.147. The maximum atomic E-state index is 12.4. The largest absolute Gasteiger partial charge is 0.493 e. The Labute approximate surface area is 214 Å². The zero-order valence-electron chi connectivity index (χ0n) is 18.6. The van der Waals surface area contributed by atoms with Gasteiger partial charge in [0.25, 0.3) is 5.69 Å². The van der Waals surface area contributed by atoms with Crippen LogP contribution in [0.25, 0.3) is 6.08 Å². The zero-order valence-corrected chi connectivity index (χ0v) is 20.9. The van der Waals surface area contributed by atoms with Crippen molar-refractivity contribution in [2.45, 2.75) is 13.5 Å². The van der Waals surface area contributed by atoms with E-state index in [9.17, 15) is 14.9 Å². The smallest absolute Gasteiger partial charge is 0.363 e. The third-order valence-electron chi connectivity index (χ3n) is 5.20. The highest BCUT2D eigenvalue weighted by molar-refractivity contribution is 9.10. The lowest BCUT2D eigenvalue weighted by atomic mass is 10.1. The van der Waals surface area contributed by atoms with E-state index < -0.39 is 10.9 Å². The summed E-state index contributed by atoms with van der Waals surface area (Å²) in [5.41, 5.74) is 2.71. The normalized spacial score (nSPS) is 14.0. The second-order valence-corrected chi connectivity index (χ2v) is 8.77. The van der Waals surface area contributed by atoms with E-state index in [-0.39, 0.29) is 27.9 Å². The first-order chi connectivity index (χ1) is 16.8. The molecule has 4 rings (SSSR count). The monoisotopic (exact) mass is 556 g/mol. The van der Waals surface area contributed by atoms with Crippen molar-refractivity contribution in [3.05, 3.63) is 102 Å². The van der Waals surface area contributed by atoms with E-state index in [0.29, 0.717) is 28.1 Å². The minimum atomic E-state index is -0.711. The predicted octanol–water partition coefficient (Wildman–Crippen LogP) is 6.25. The first-order valence-corrected chi connectivity index (χ1v) is 11.5. The van der Waals surface area contributed by atoms with Crippen LogP contribution < -0.4 is 9.47 Å². The van der Waals surface area contributed by atoms with Crippen LogP contribution in [-0.4, -0.2) is 23.9 Å². The van der Waals surface area contributed by atoms with Crippen molar-refractivity contribution in [1.82, 2.24) is 0 Å². The van der Waals surface area contributed by atoms with Crippen LogP contribution in [0.2, 0.25) is 5.02 Å². The molecule has 0 spiro atoms. The molecule has 0 aromatic heterocycles. The van der Waals surface area contributed by atoms with Gasteiger partial charge >= 0.3 is 5.97 Å². The average molecular weight is 558 g/mol. The maximum absolute atomic E-state index is 12.4. The van der Waals surface area contributed by atoms with Gasteiger partial charge in [0.15, 0.2) is 17.2 Å². The van der Waals surface area contributed by atoms with Gasteiger partial charge in [0.1, 0.15) is 6.61 Å². The van der Waals surface area contributed by atoms with Crippen LogP contribution in [0, 0.1) is 17.0 Å². The molecular weight excluding hydrogens is 540 g/mol. The van der Waals surface area contributed by atoms with E-state index in [1.165, 1.54) is 31.4 Å². The Kier molecular flexibility index (Phi) is 7.18. The molecule has 10 heteroatoms. The molecule has 0 aliphatic carbocycles. The number of halogens is 2. The molecule has 0 unspecified atom stereocenters. The number of benzene rings is 3. The molecule has 0 saturated carbocycles. The first kappa shape index (κ1) is 24.4. The van der Waals surface area contributed by atoms with Crippen LogP contribution in [0.4, 0.5) is 5.69 Å². The third-order valence-corrected chi connectivity index (χ3v) is 6.12. The number of carbonyl (C=O) groups excluding carboxylic acids is 1. The number of hydrogen-bond donors (Lipinski definition) is 0. The van der Waals surface area contributed by atoms with Crippen molar-refractivity contribution >= 4 is 51.2 Å². The van der Waals surface area contributed by atoms with Crippen molar-refractivity contribution in [1.29, 1.82) is 0 Å². The van der Waals surface area contributed by atoms with Crippen LogP contribution in [0.15, 0.2) is 69.8 Å². The van der Waals surface area contributed by atoms with Gasteiger partial charge in [-0.2, -0.15) is 0 Å². The molecule has 8 nitrogen and oxygen atoms in total. The lowest BCUT2D eigenvalue weighted by molar-refractivity contribution is -0.384. The Balaban J connectivity index is 1.63. The molecule has 0 fully saturated rings. The number of nitro groups is 1. The molecule has 0 saturated heterocycles. The average Bonchev–Trinajstić information content (AvgIpc) is 3.18. The molecule has 0 atom stereocenters. The molecule has 35 heavy (non-hydrogen) atoms. The molecule has 3 aromatic carbocycles. The Hall–Kier alpha value is -3.69. The van der Waals surface area contributed by atoms with Crippen molar-refractivity contribution in [3.63, 3.8) is 0 Å². The fourth-order valence-electron chi connectivity index (χ4n) is 3.36. The number of methoxy groups -OCH3 is 1. The Morgan fingerprint density at radius 2 is 1.97 bits per heavy atom. The number of cyclic esters (lactones) is 1. The molecule has 1 heterocycles. The number of nitrogens with zero attached hydrogens (tertiary/aromatic N) is 2. The number of esters is 1. The second kappa shape index (κ2) is 10.3. The van der Waals surface area contributed by atoms with Crippen LogP contribution in [-0.2, 0) is 16.1 Å². The summed E-state index contributed by atoms with van der Waals surface area (Å²) in [5, 5.41) is 11.3. The molecule has 1 aliphatic heterocycles. The number of aryl methyl sites for hydroxylation is 1. The molecule has 0 amide bonds. The molecule has 1 aliphatic rings. The quantitative estimate of drug-likeness (QED) is 0.147. The van der Waals surface area contributed by atoms with Crippen molar-refractivity contribution in [2.75, 3.05) is 7.11 Å². The Bertz CT molecular complexity index is 1400. The summed E-state index contributed by atoms with van der Waals surface area (Å²) in [6.45, 7) is 2.36. The summed E-state index contributed by atoms with van der Waals surface area (Å²) in [7, 11) is 1.52. The van der Waals surface area contributed by atoms with E-state index in [1.807, 2.05) is 31.2 Å². The molecule has 3 aromatic rings. The van der Waals surface area contributed by atoms with E-state index in [0.717, 1.165) is 11.1 Å². The molecule has 178 valence electrons. The van der Waals surface area contributed by atoms with Crippen LogP contribution in [0.5, 0.6) is 11.5 Å². The third kappa shape index (κ3) is 5.36. The number of hydrogen-bond acceptors (Lipinski definition) is 7. The topological polar surface area (TPSA) is 100 Å². The second-order valence-electron chi connectivity index (χ2n) is 7.51. The number of ether oxygens (including phenoxy) is 3. The molecular formula is C25H18BrClN2O6. The highest BCUT2D eigenvalue weighted by atomic mass is 79.9. The molecule has 0 N–H and O–H groups in total. The number of nitro benzene ring substituents is 1. The van der Waals surface area contributed by atoms with Gasteiger partial charge in [0.2, 0.25) is 5.90 Å². The number of aliphatic imine (C=N–C) groups is 1. The van der Waals surface area contributed by atoms with E-state index >= 15 is 0 Å². The van der Waals surface area contributed by atoms with Crippen LogP contribution in [0.1, 0.15) is 22.3 Å². The van der Waals surface area contributed by atoms with E-state index in [2.05, 4.69) is 20.9 Å². The summed E-state index contributed by atoms with van der Waals surface area (Å²) in [4.78, 5) is 27.2. The van der Waals surface area contributed by atoms with Crippen molar-refractivity contribution in [3.8, 4) is 11.5 Å². The minimum absolute atomic E-state index is 0.00473. The number of non-ortho nitro benzene ring substituents is 1. The molecule has 0 radical (unpaired) electrons. The van der Waals surface area contributed by atoms with Gasteiger partial charge < -0.3 is 14.2 Å².